The zero-order valence-electron chi connectivity index (χ0n) is 21.2. The van der Waals surface area contributed by atoms with Crippen molar-refractivity contribution >= 4 is 17.7 Å². The number of carbonyl (C=O) groups excluding carboxylic acids is 3. The maximum Gasteiger partial charge on any atom is 0.331 e. The van der Waals surface area contributed by atoms with E-state index in [9.17, 15) is 14.4 Å². The summed E-state index contributed by atoms with van der Waals surface area (Å²) in [6.45, 7) is 13.0. The molecule has 34 heavy (non-hydrogen) atoms. The summed E-state index contributed by atoms with van der Waals surface area (Å²) in [6.07, 6.45) is 10.0. The summed E-state index contributed by atoms with van der Waals surface area (Å²) in [4.78, 5) is 38.2. The molecule has 0 aromatic heterocycles. The van der Waals surface area contributed by atoms with Crippen LogP contribution in [-0.4, -0.2) is 36.5 Å². The van der Waals surface area contributed by atoms with Gasteiger partial charge in [-0.25, -0.2) is 4.79 Å². The number of cyclic esters (lactones) is 1. The van der Waals surface area contributed by atoms with Crippen molar-refractivity contribution in [3.63, 3.8) is 0 Å². The molecule has 2 heterocycles. The second-order valence-electron chi connectivity index (χ2n) is 12.3. The monoisotopic (exact) mass is 467 g/mol. The molecule has 0 radical (unpaired) electrons. The quantitative estimate of drug-likeness (QED) is 0.611. The summed E-state index contributed by atoms with van der Waals surface area (Å²) in [5.74, 6) is -0.362. The molecule has 5 rings (SSSR count). The van der Waals surface area contributed by atoms with Crippen LogP contribution in [0.2, 0.25) is 0 Å². The lowest BCUT2D eigenvalue weighted by Crippen LogP contribution is -2.66. The van der Waals surface area contributed by atoms with E-state index in [1.807, 2.05) is 20.0 Å². The van der Waals surface area contributed by atoms with Gasteiger partial charge in [0.15, 0.2) is 5.78 Å². The molecule has 4 unspecified atom stereocenters. The average Bonchev–Trinajstić information content (AvgIpc) is 3.28. The molecule has 3 aliphatic carbocycles. The lowest BCUT2D eigenvalue weighted by atomic mass is 9.38. The summed E-state index contributed by atoms with van der Waals surface area (Å²) in [5, 5.41) is 3.27. The van der Waals surface area contributed by atoms with Crippen molar-refractivity contribution in [2.45, 2.75) is 79.4 Å². The molecule has 6 nitrogen and oxygen atoms in total. The largest absolute Gasteiger partial charge is 0.462 e. The molecule has 0 amide bonds. The molecule has 0 aromatic carbocycles. The maximum absolute atomic E-state index is 13.0. The van der Waals surface area contributed by atoms with E-state index in [1.54, 1.807) is 12.2 Å². The molecule has 0 aromatic rings. The zero-order chi connectivity index (χ0) is 24.7. The highest BCUT2D eigenvalue weighted by molar-refractivity contribution is 5.96. The Hall–Kier alpha value is -2.37. The third-order valence-electron chi connectivity index (χ3n) is 10.2. The van der Waals surface area contributed by atoms with Gasteiger partial charge in [0.1, 0.15) is 12.2 Å². The molecule has 7 atom stereocenters. The predicted octanol–water partition coefficient (Wildman–Crippen LogP) is 4.26. The number of carbonyl (C=O) groups is 3. The van der Waals surface area contributed by atoms with Crippen LogP contribution in [0.15, 0.2) is 35.6 Å². The number of hydrogen-bond donors (Lipinski definition) is 1. The molecular weight excluding hydrogens is 430 g/mol. The van der Waals surface area contributed by atoms with Crippen LogP contribution in [0.1, 0.15) is 67.2 Å². The van der Waals surface area contributed by atoms with E-state index in [4.69, 9.17) is 9.47 Å². The van der Waals surface area contributed by atoms with Gasteiger partial charge in [-0.3, -0.25) is 9.59 Å². The summed E-state index contributed by atoms with van der Waals surface area (Å²) < 4.78 is 12.1. The van der Waals surface area contributed by atoms with Crippen LogP contribution < -0.4 is 5.32 Å². The van der Waals surface area contributed by atoms with E-state index < -0.39 is 16.9 Å². The normalized spacial score (nSPS) is 44.5. The fourth-order valence-corrected chi connectivity index (χ4v) is 8.48. The minimum Gasteiger partial charge on any atom is -0.462 e. The number of rotatable bonds is 2. The maximum atomic E-state index is 13.0. The van der Waals surface area contributed by atoms with Crippen LogP contribution in [-0.2, 0) is 23.9 Å². The van der Waals surface area contributed by atoms with Crippen LogP contribution in [0, 0.1) is 33.5 Å². The Labute approximate surface area is 202 Å². The van der Waals surface area contributed by atoms with E-state index in [2.05, 4.69) is 32.2 Å². The van der Waals surface area contributed by atoms with Gasteiger partial charge in [0, 0.05) is 35.8 Å². The zero-order valence-corrected chi connectivity index (χ0v) is 21.2. The van der Waals surface area contributed by atoms with Gasteiger partial charge in [0.2, 0.25) is 0 Å². The first kappa shape index (κ1) is 23.4. The molecule has 1 N–H and O–H groups in total. The van der Waals surface area contributed by atoms with Crippen LogP contribution in [0.3, 0.4) is 0 Å². The van der Waals surface area contributed by atoms with E-state index in [-0.39, 0.29) is 46.5 Å². The number of fused-ring (bicyclic) bond motifs is 5. The van der Waals surface area contributed by atoms with Crippen LogP contribution in [0.4, 0.5) is 0 Å². The predicted molar refractivity (Wildman–Crippen MR) is 127 cm³/mol. The molecule has 2 aliphatic heterocycles. The van der Waals surface area contributed by atoms with Crippen molar-refractivity contribution in [1.82, 2.24) is 5.32 Å². The first-order valence-corrected chi connectivity index (χ1v) is 12.6. The molecule has 0 saturated heterocycles. The Bertz CT molecular complexity index is 1050. The van der Waals surface area contributed by atoms with Gasteiger partial charge in [-0.15, -0.1) is 0 Å². The van der Waals surface area contributed by atoms with E-state index in [1.165, 1.54) is 6.92 Å². The summed E-state index contributed by atoms with van der Waals surface area (Å²) in [5.41, 5.74) is 0.441. The number of allylic oxidation sites excluding steroid dienone is 2. The molecule has 2 fully saturated rings. The molecule has 2 saturated carbocycles. The average molecular weight is 468 g/mol. The Balaban J connectivity index is 1.68. The topological polar surface area (TPSA) is 81.7 Å². The SMILES string of the molecule is CC(=O)O[C@@H]1CC2C(C)(C)C(=O)C=CC2(C)C2CC[C@]3(C)C(=CC(=O)O[C@H]3C3=CNCC3)C21C. The van der Waals surface area contributed by atoms with Gasteiger partial charge in [0.05, 0.1) is 0 Å². The van der Waals surface area contributed by atoms with Gasteiger partial charge in [-0.2, -0.15) is 0 Å². The van der Waals surface area contributed by atoms with Crippen molar-refractivity contribution in [3.8, 4) is 0 Å². The van der Waals surface area contributed by atoms with Crippen molar-refractivity contribution in [2.24, 2.45) is 33.5 Å². The Morgan fingerprint density at radius 3 is 2.53 bits per heavy atom. The number of hydrogen-bond acceptors (Lipinski definition) is 6. The Morgan fingerprint density at radius 1 is 1.15 bits per heavy atom. The minimum absolute atomic E-state index is 0.0398. The number of nitrogens with one attached hydrogen (secondary N) is 1. The lowest BCUT2D eigenvalue weighted by Gasteiger charge is -2.67. The van der Waals surface area contributed by atoms with Gasteiger partial charge in [-0.1, -0.05) is 40.7 Å². The first-order valence-electron chi connectivity index (χ1n) is 12.6. The minimum atomic E-state index is -0.549. The van der Waals surface area contributed by atoms with Gasteiger partial charge < -0.3 is 14.8 Å². The highest BCUT2D eigenvalue weighted by Gasteiger charge is 2.69. The highest BCUT2D eigenvalue weighted by atomic mass is 16.5. The standard InChI is InChI=1S/C28H37NO5/c1-16(30)33-22-13-19-25(2,3)21(31)8-11-26(19,4)18-7-10-27(5)20(28(18,22)6)14-23(32)34-24(27)17-9-12-29-15-17/h8,11,14-15,18-19,22,24,29H,7,9-10,12-13H2,1-6H3/t18?,19?,22-,24+,26?,27-,28?/m1/s1. The lowest BCUT2D eigenvalue weighted by molar-refractivity contribution is -0.193. The van der Waals surface area contributed by atoms with Crippen molar-refractivity contribution < 1.29 is 23.9 Å². The van der Waals surface area contributed by atoms with Crippen molar-refractivity contribution in [1.29, 1.82) is 0 Å². The first-order chi connectivity index (χ1) is 15.8. The smallest absolute Gasteiger partial charge is 0.331 e. The van der Waals surface area contributed by atoms with Crippen molar-refractivity contribution in [2.75, 3.05) is 6.54 Å². The van der Waals surface area contributed by atoms with Crippen LogP contribution in [0.5, 0.6) is 0 Å². The Kier molecular flexibility index (Phi) is 5.03. The molecule has 5 aliphatic rings. The van der Waals surface area contributed by atoms with Gasteiger partial charge in [0.25, 0.3) is 0 Å². The molecule has 184 valence electrons. The van der Waals surface area contributed by atoms with Crippen LogP contribution >= 0.6 is 0 Å². The molecule has 6 heteroatoms. The second-order valence-corrected chi connectivity index (χ2v) is 12.3. The highest BCUT2D eigenvalue weighted by Crippen LogP contribution is 2.70. The number of ether oxygens (including phenoxy) is 2. The second kappa shape index (κ2) is 7.32. The fourth-order valence-electron chi connectivity index (χ4n) is 8.48. The van der Waals surface area contributed by atoms with Crippen LogP contribution in [0.25, 0.3) is 0 Å². The van der Waals surface area contributed by atoms with E-state index in [0.717, 1.165) is 37.0 Å². The molecular formula is C28H37NO5. The summed E-state index contributed by atoms with van der Waals surface area (Å²) >= 11 is 0. The summed E-state index contributed by atoms with van der Waals surface area (Å²) in [6, 6.07) is 0. The van der Waals surface area contributed by atoms with Gasteiger partial charge in [-0.05, 0) is 66.4 Å². The molecule has 0 spiro atoms. The third kappa shape index (κ3) is 2.96. The summed E-state index contributed by atoms with van der Waals surface area (Å²) in [7, 11) is 0. The molecule has 0 bridgehead atoms. The van der Waals surface area contributed by atoms with Crippen molar-refractivity contribution in [3.05, 3.63) is 35.6 Å². The number of ketones is 1. The van der Waals surface area contributed by atoms with E-state index in [0.29, 0.717) is 6.42 Å². The third-order valence-corrected chi connectivity index (χ3v) is 10.2. The fraction of sp³-hybridized carbons (Fsp3) is 0.679. The van der Waals surface area contributed by atoms with Gasteiger partial charge >= 0.3 is 11.9 Å². The Morgan fingerprint density at radius 2 is 1.88 bits per heavy atom. The van der Waals surface area contributed by atoms with E-state index >= 15 is 0 Å². The number of esters is 2.